The Morgan fingerprint density at radius 2 is 1.74 bits per heavy atom. The molecule has 0 aliphatic carbocycles. The molecule has 3 heteroatoms. The van der Waals surface area contributed by atoms with Crippen LogP contribution in [-0.4, -0.2) is 17.9 Å². The van der Waals surface area contributed by atoms with E-state index >= 15 is 0 Å². The van der Waals surface area contributed by atoms with Crippen LogP contribution in [0.4, 0.5) is 5.69 Å². The maximum absolute atomic E-state index is 12.1. The van der Waals surface area contributed by atoms with Crippen molar-refractivity contribution in [3.8, 4) is 0 Å². The lowest BCUT2D eigenvalue weighted by Crippen LogP contribution is -2.27. The van der Waals surface area contributed by atoms with Gasteiger partial charge in [0.05, 0.1) is 6.42 Å². The van der Waals surface area contributed by atoms with Crippen LogP contribution in [0.5, 0.6) is 0 Å². The summed E-state index contributed by atoms with van der Waals surface area (Å²) >= 11 is 0. The van der Waals surface area contributed by atoms with Gasteiger partial charge in [-0.25, -0.2) is 0 Å². The van der Waals surface area contributed by atoms with Crippen molar-refractivity contribution < 1.29 is 4.79 Å². The van der Waals surface area contributed by atoms with Crippen molar-refractivity contribution in [3.63, 3.8) is 0 Å². The molecule has 0 saturated carbocycles. The van der Waals surface area contributed by atoms with Crippen molar-refractivity contribution in [3.05, 3.63) is 65.7 Å². The molecule has 2 aromatic carbocycles. The first-order chi connectivity index (χ1) is 9.15. The van der Waals surface area contributed by atoms with E-state index in [1.54, 1.807) is 4.90 Å². The zero-order valence-corrected chi connectivity index (χ0v) is 11.0. The van der Waals surface area contributed by atoms with Crippen molar-refractivity contribution >= 4 is 11.6 Å². The van der Waals surface area contributed by atoms with E-state index in [0.29, 0.717) is 13.0 Å². The lowest BCUT2D eigenvalue weighted by Gasteiger charge is -2.17. The fourth-order valence-electron chi connectivity index (χ4n) is 1.96. The van der Waals surface area contributed by atoms with Crippen LogP contribution in [0.25, 0.3) is 0 Å². The van der Waals surface area contributed by atoms with Gasteiger partial charge >= 0.3 is 0 Å². The first kappa shape index (κ1) is 13.1. The molecule has 0 fully saturated rings. The molecule has 98 valence electrons. The first-order valence-electron chi connectivity index (χ1n) is 6.27. The smallest absolute Gasteiger partial charge is 0.227 e. The molecule has 0 aliphatic heterocycles. The van der Waals surface area contributed by atoms with E-state index in [1.165, 1.54) is 0 Å². The number of amides is 1. The second-order valence-corrected chi connectivity index (χ2v) is 4.66. The number of carbonyl (C=O) groups excluding carboxylic acids is 1. The standard InChI is InChI=1S/C16H18N2O/c1-18(12-14-8-5-9-15(17)10-14)16(19)11-13-6-3-2-4-7-13/h2-10H,11-12,17H2,1H3. The van der Waals surface area contributed by atoms with Gasteiger partial charge in [-0.15, -0.1) is 0 Å². The fourth-order valence-corrected chi connectivity index (χ4v) is 1.96. The van der Waals surface area contributed by atoms with Crippen LogP contribution in [0, 0.1) is 0 Å². The minimum absolute atomic E-state index is 0.105. The summed E-state index contributed by atoms with van der Waals surface area (Å²) in [7, 11) is 1.81. The van der Waals surface area contributed by atoms with Gasteiger partial charge in [0.25, 0.3) is 0 Å². The molecule has 0 bridgehead atoms. The van der Waals surface area contributed by atoms with E-state index in [1.807, 2.05) is 61.6 Å². The summed E-state index contributed by atoms with van der Waals surface area (Å²) < 4.78 is 0. The number of nitrogens with two attached hydrogens (primary N) is 1. The molecule has 19 heavy (non-hydrogen) atoms. The highest BCUT2D eigenvalue weighted by molar-refractivity contribution is 5.78. The molecule has 0 saturated heterocycles. The van der Waals surface area contributed by atoms with Gasteiger partial charge in [0.15, 0.2) is 0 Å². The predicted molar refractivity (Wildman–Crippen MR) is 77.5 cm³/mol. The van der Waals surface area contributed by atoms with Crippen molar-refractivity contribution in [1.82, 2.24) is 4.90 Å². The van der Waals surface area contributed by atoms with Crippen molar-refractivity contribution in [1.29, 1.82) is 0 Å². The molecular weight excluding hydrogens is 236 g/mol. The number of hydrogen-bond acceptors (Lipinski definition) is 2. The van der Waals surface area contributed by atoms with E-state index in [9.17, 15) is 4.79 Å². The van der Waals surface area contributed by atoms with Gasteiger partial charge in [-0.2, -0.15) is 0 Å². The summed E-state index contributed by atoms with van der Waals surface area (Å²) in [5, 5.41) is 0. The number of carbonyl (C=O) groups is 1. The summed E-state index contributed by atoms with van der Waals surface area (Å²) in [5.41, 5.74) is 8.53. The Labute approximate surface area is 113 Å². The highest BCUT2D eigenvalue weighted by atomic mass is 16.2. The van der Waals surface area contributed by atoms with E-state index < -0.39 is 0 Å². The molecule has 0 radical (unpaired) electrons. The number of nitrogen functional groups attached to an aromatic ring is 1. The van der Waals surface area contributed by atoms with Crippen LogP contribution in [0.2, 0.25) is 0 Å². The third-order valence-electron chi connectivity index (χ3n) is 2.99. The van der Waals surface area contributed by atoms with E-state index in [0.717, 1.165) is 16.8 Å². The number of benzene rings is 2. The number of anilines is 1. The molecular formula is C16H18N2O. The molecule has 2 rings (SSSR count). The van der Waals surface area contributed by atoms with Crippen LogP contribution >= 0.6 is 0 Å². The first-order valence-corrected chi connectivity index (χ1v) is 6.27. The Morgan fingerprint density at radius 1 is 1.05 bits per heavy atom. The fraction of sp³-hybridized carbons (Fsp3) is 0.188. The molecule has 0 aromatic heterocycles. The van der Waals surface area contributed by atoms with Crippen LogP contribution in [0.15, 0.2) is 54.6 Å². The zero-order chi connectivity index (χ0) is 13.7. The lowest BCUT2D eigenvalue weighted by atomic mass is 10.1. The van der Waals surface area contributed by atoms with Gasteiger partial charge in [0.1, 0.15) is 0 Å². The maximum Gasteiger partial charge on any atom is 0.227 e. The molecule has 0 heterocycles. The molecule has 1 amide bonds. The largest absolute Gasteiger partial charge is 0.399 e. The molecule has 0 atom stereocenters. The normalized spacial score (nSPS) is 10.2. The maximum atomic E-state index is 12.1. The third kappa shape index (κ3) is 3.85. The third-order valence-corrected chi connectivity index (χ3v) is 2.99. The molecule has 0 aliphatic rings. The van der Waals surface area contributed by atoms with Crippen LogP contribution in [-0.2, 0) is 17.8 Å². The number of rotatable bonds is 4. The number of nitrogens with zero attached hydrogens (tertiary/aromatic N) is 1. The van der Waals surface area contributed by atoms with Crippen molar-refractivity contribution in [2.45, 2.75) is 13.0 Å². The predicted octanol–water partition coefficient (Wildman–Crippen LogP) is 2.47. The molecule has 3 nitrogen and oxygen atoms in total. The average molecular weight is 254 g/mol. The second kappa shape index (κ2) is 6.05. The van der Waals surface area contributed by atoms with Crippen LogP contribution < -0.4 is 5.73 Å². The Hall–Kier alpha value is -2.29. The monoisotopic (exact) mass is 254 g/mol. The number of hydrogen-bond donors (Lipinski definition) is 1. The topological polar surface area (TPSA) is 46.3 Å². The van der Waals surface area contributed by atoms with Gasteiger partial charge in [-0.05, 0) is 23.3 Å². The highest BCUT2D eigenvalue weighted by Gasteiger charge is 2.10. The van der Waals surface area contributed by atoms with Crippen LogP contribution in [0.3, 0.4) is 0 Å². The average Bonchev–Trinajstić information content (AvgIpc) is 2.40. The van der Waals surface area contributed by atoms with Gasteiger partial charge in [0.2, 0.25) is 5.91 Å². The van der Waals surface area contributed by atoms with Gasteiger partial charge in [-0.3, -0.25) is 4.79 Å². The zero-order valence-electron chi connectivity index (χ0n) is 11.0. The minimum atomic E-state index is 0.105. The summed E-state index contributed by atoms with van der Waals surface area (Å²) in [6, 6.07) is 17.4. The Morgan fingerprint density at radius 3 is 2.42 bits per heavy atom. The molecule has 2 N–H and O–H groups in total. The summed E-state index contributed by atoms with van der Waals surface area (Å²) in [4.78, 5) is 13.8. The molecule has 2 aromatic rings. The van der Waals surface area contributed by atoms with Crippen LogP contribution in [0.1, 0.15) is 11.1 Å². The number of likely N-dealkylation sites (N-methyl/N-ethyl adjacent to an activating group) is 1. The van der Waals surface area contributed by atoms with Gasteiger partial charge in [0, 0.05) is 19.3 Å². The van der Waals surface area contributed by atoms with Gasteiger partial charge < -0.3 is 10.6 Å². The van der Waals surface area contributed by atoms with E-state index in [-0.39, 0.29) is 5.91 Å². The Balaban J connectivity index is 1.96. The molecule has 0 unspecified atom stereocenters. The van der Waals surface area contributed by atoms with Crippen molar-refractivity contribution in [2.75, 3.05) is 12.8 Å². The minimum Gasteiger partial charge on any atom is -0.399 e. The summed E-state index contributed by atoms with van der Waals surface area (Å²) in [6.45, 7) is 0.580. The highest BCUT2D eigenvalue weighted by Crippen LogP contribution is 2.10. The van der Waals surface area contributed by atoms with E-state index in [4.69, 9.17) is 5.73 Å². The quantitative estimate of drug-likeness (QED) is 0.852. The van der Waals surface area contributed by atoms with Crippen molar-refractivity contribution in [2.24, 2.45) is 0 Å². The summed E-state index contributed by atoms with van der Waals surface area (Å²) in [5.74, 6) is 0.105. The van der Waals surface area contributed by atoms with E-state index in [2.05, 4.69) is 0 Å². The Bertz CT molecular complexity index is 552. The SMILES string of the molecule is CN(Cc1cccc(N)c1)C(=O)Cc1ccccc1. The Kier molecular flexibility index (Phi) is 4.18. The molecule has 0 spiro atoms. The summed E-state index contributed by atoms with van der Waals surface area (Å²) in [6.07, 6.45) is 0.430. The van der Waals surface area contributed by atoms with Gasteiger partial charge in [-0.1, -0.05) is 42.5 Å². The second-order valence-electron chi connectivity index (χ2n) is 4.66. The lowest BCUT2D eigenvalue weighted by molar-refractivity contribution is -0.129.